The summed E-state index contributed by atoms with van der Waals surface area (Å²) in [6, 6.07) is 0. The van der Waals surface area contributed by atoms with Gasteiger partial charge in [0.05, 0.1) is 26.4 Å². The van der Waals surface area contributed by atoms with E-state index in [9.17, 15) is 43.2 Å². The van der Waals surface area contributed by atoms with Crippen LogP contribution in [0.25, 0.3) is 0 Å². The summed E-state index contributed by atoms with van der Waals surface area (Å²) < 4.78 is 68.5. The van der Waals surface area contributed by atoms with Crippen molar-refractivity contribution in [1.29, 1.82) is 0 Å². The molecule has 17 nitrogen and oxygen atoms in total. The minimum absolute atomic E-state index is 0.0802. The molecule has 576 valence electrons. The van der Waals surface area contributed by atoms with Crippen LogP contribution >= 0.6 is 15.6 Å². The van der Waals surface area contributed by atoms with E-state index in [1.165, 1.54) is 64.2 Å². The smallest absolute Gasteiger partial charge is 0.462 e. The highest BCUT2D eigenvalue weighted by molar-refractivity contribution is 7.47. The lowest BCUT2D eigenvalue weighted by Gasteiger charge is -2.21. The Morgan fingerprint density at radius 3 is 0.840 bits per heavy atom. The molecule has 5 unspecified atom stereocenters. The zero-order chi connectivity index (χ0) is 73.2. The maximum absolute atomic E-state index is 13.1. The lowest BCUT2D eigenvalue weighted by atomic mass is 10.0. The molecule has 100 heavy (non-hydrogen) atoms. The normalized spacial score (nSPS) is 14.5. The molecule has 0 saturated heterocycles. The highest BCUT2D eigenvalue weighted by Gasteiger charge is 2.30. The fourth-order valence-electron chi connectivity index (χ4n) is 10.3. The number of rotatable bonds is 73. The number of allylic oxidation sites excluding steroid dienone is 18. The van der Waals surface area contributed by atoms with Crippen LogP contribution in [0.1, 0.15) is 323 Å². The van der Waals surface area contributed by atoms with Crippen LogP contribution in [-0.4, -0.2) is 96.7 Å². The van der Waals surface area contributed by atoms with E-state index in [-0.39, 0.29) is 25.7 Å². The summed E-state index contributed by atoms with van der Waals surface area (Å²) >= 11 is 0. The van der Waals surface area contributed by atoms with Gasteiger partial charge in [0, 0.05) is 25.7 Å². The molecule has 0 amide bonds. The Bertz CT molecular complexity index is 2320. The Morgan fingerprint density at radius 2 is 0.530 bits per heavy atom. The highest BCUT2D eigenvalue weighted by Crippen LogP contribution is 2.45. The molecule has 0 saturated carbocycles. The van der Waals surface area contributed by atoms with Gasteiger partial charge in [-0.15, -0.1) is 0 Å². The predicted octanol–water partition coefficient (Wildman–Crippen LogP) is 22.6. The van der Waals surface area contributed by atoms with Crippen LogP contribution in [0.5, 0.6) is 0 Å². The van der Waals surface area contributed by atoms with Crippen LogP contribution < -0.4 is 0 Å². The minimum Gasteiger partial charge on any atom is -0.462 e. The molecule has 0 radical (unpaired) electrons. The van der Waals surface area contributed by atoms with Crippen molar-refractivity contribution in [1.82, 2.24) is 0 Å². The van der Waals surface area contributed by atoms with E-state index in [0.717, 1.165) is 180 Å². The van der Waals surface area contributed by atoms with Crippen molar-refractivity contribution >= 4 is 39.5 Å². The van der Waals surface area contributed by atoms with Gasteiger partial charge < -0.3 is 33.8 Å². The standard InChI is InChI=1S/C81H140O17P2/c1-5-9-13-17-21-25-29-32-34-36-37-39-41-44-47-50-54-58-62-66-78(83)91-71-76(97-80(85)67-63-59-55-51-45-28-24-20-16-12-8-4)73-95-99(87,88)93-69-75(82)70-94-100(89,90)96-74-77(98-81(86)68-64-60-56-52-48-42-31-27-23-19-15-11-7-3)72-92-79(84)65-61-57-53-49-46-43-40-38-35-33-30-26-22-18-14-10-6-2/h9-10,13-14,20-22,24-26,32-35,37,39-40,43,75-77,82H,5-8,11-12,15-19,23,27-31,36,38,41-42,44-74H2,1-4H3,(H,87,88)(H,89,90)/b13-9-,14-10-,24-20-,25-21-,26-22-,34-32-,35-33-,39-37-,43-40-. The van der Waals surface area contributed by atoms with Gasteiger partial charge in [-0.3, -0.25) is 37.3 Å². The Morgan fingerprint density at radius 1 is 0.290 bits per heavy atom. The van der Waals surface area contributed by atoms with Crippen molar-refractivity contribution < 1.29 is 80.2 Å². The number of ether oxygens (including phenoxy) is 4. The Balaban J connectivity index is 5.32. The third kappa shape index (κ3) is 72.1. The van der Waals surface area contributed by atoms with Gasteiger partial charge in [-0.25, -0.2) is 9.13 Å². The Kier molecular flexibility index (Phi) is 69.9. The average Bonchev–Trinajstić information content (AvgIpc) is 1.02. The summed E-state index contributed by atoms with van der Waals surface area (Å²) in [7, 11) is -9.96. The lowest BCUT2D eigenvalue weighted by Crippen LogP contribution is -2.30. The molecule has 0 fully saturated rings. The summed E-state index contributed by atoms with van der Waals surface area (Å²) in [5, 5.41) is 10.6. The first kappa shape index (κ1) is 95.7. The number of esters is 4. The maximum atomic E-state index is 13.1. The number of unbranched alkanes of at least 4 members (excludes halogenated alkanes) is 29. The van der Waals surface area contributed by atoms with E-state index in [1.807, 2.05) is 0 Å². The lowest BCUT2D eigenvalue weighted by molar-refractivity contribution is -0.161. The van der Waals surface area contributed by atoms with Crippen molar-refractivity contribution in [3.05, 3.63) is 109 Å². The monoisotopic (exact) mass is 1450 g/mol. The van der Waals surface area contributed by atoms with Gasteiger partial charge in [0.2, 0.25) is 0 Å². The second-order valence-electron chi connectivity index (χ2n) is 25.9. The predicted molar refractivity (Wildman–Crippen MR) is 408 cm³/mol. The van der Waals surface area contributed by atoms with E-state index < -0.39 is 97.5 Å². The molecule has 0 aliphatic carbocycles. The largest absolute Gasteiger partial charge is 0.472 e. The zero-order valence-electron chi connectivity index (χ0n) is 62.8. The number of aliphatic hydroxyl groups is 1. The summed E-state index contributed by atoms with van der Waals surface area (Å²) in [4.78, 5) is 72.9. The third-order valence-electron chi connectivity index (χ3n) is 16.2. The number of carbonyl (C=O) groups excluding carboxylic acids is 4. The number of phosphoric acid groups is 2. The molecule has 0 aromatic rings. The molecule has 0 aromatic carbocycles. The fraction of sp³-hybridized carbons (Fsp3) is 0.728. The molecule has 5 atom stereocenters. The van der Waals surface area contributed by atoms with Gasteiger partial charge in [0.15, 0.2) is 12.2 Å². The zero-order valence-corrected chi connectivity index (χ0v) is 64.6. The molecule has 3 N–H and O–H groups in total. The second-order valence-corrected chi connectivity index (χ2v) is 28.8. The number of hydrogen-bond donors (Lipinski definition) is 3. The highest BCUT2D eigenvalue weighted by atomic mass is 31.2. The SMILES string of the molecule is CC/C=C\C/C=C\C/C=C\C/C=C\CCCCCCCCC(=O)OCC(COP(=O)(O)OCC(O)COP(=O)(O)OCC(COC(=O)CCCCCC/C=C\C/C=C\C/C=C\C/C=C\CC)OC(=O)CCCCCCCCCCCCCCC)OC(=O)CCCCCCC/C=C\CCCC. The van der Waals surface area contributed by atoms with Crippen molar-refractivity contribution in [2.24, 2.45) is 0 Å². The number of aliphatic hydroxyl groups excluding tert-OH is 1. The quantitative estimate of drug-likeness (QED) is 0.0169. The summed E-state index contributed by atoms with van der Waals surface area (Å²) in [6.45, 7) is 4.58. The van der Waals surface area contributed by atoms with Crippen LogP contribution in [0.4, 0.5) is 0 Å². The Hall–Kier alpha value is -4.28. The average molecular weight is 1450 g/mol. The van der Waals surface area contributed by atoms with Gasteiger partial charge in [-0.2, -0.15) is 0 Å². The summed E-state index contributed by atoms with van der Waals surface area (Å²) in [5.74, 6) is -2.21. The molecular formula is C81H140O17P2. The topological polar surface area (TPSA) is 237 Å². The molecule has 0 heterocycles. The molecule has 0 aliphatic heterocycles. The third-order valence-corrected chi connectivity index (χ3v) is 18.1. The Labute approximate surface area is 607 Å². The van der Waals surface area contributed by atoms with Crippen molar-refractivity contribution in [3.63, 3.8) is 0 Å². The van der Waals surface area contributed by atoms with Crippen LogP contribution in [0, 0.1) is 0 Å². The van der Waals surface area contributed by atoms with Crippen molar-refractivity contribution in [3.8, 4) is 0 Å². The maximum Gasteiger partial charge on any atom is 0.472 e. The van der Waals surface area contributed by atoms with Crippen molar-refractivity contribution in [2.75, 3.05) is 39.6 Å². The van der Waals surface area contributed by atoms with Gasteiger partial charge in [0.25, 0.3) is 0 Å². The molecule has 0 bridgehead atoms. The van der Waals surface area contributed by atoms with E-state index >= 15 is 0 Å². The van der Waals surface area contributed by atoms with E-state index in [4.69, 9.17) is 37.0 Å². The summed E-state index contributed by atoms with van der Waals surface area (Å²) in [6.07, 6.45) is 77.9. The molecular weight excluding hydrogens is 1310 g/mol. The molecule has 0 rings (SSSR count). The minimum atomic E-state index is -4.98. The van der Waals surface area contributed by atoms with Gasteiger partial charge in [-0.1, -0.05) is 285 Å². The molecule has 0 spiro atoms. The molecule has 0 aliphatic rings. The fourth-order valence-corrected chi connectivity index (χ4v) is 11.9. The first-order chi connectivity index (χ1) is 48.7. The van der Waals surface area contributed by atoms with E-state index in [1.54, 1.807) is 0 Å². The summed E-state index contributed by atoms with van der Waals surface area (Å²) in [5.41, 5.74) is 0. The number of hydrogen-bond acceptors (Lipinski definition) is 15. The van der Waals surface area contributed by atoms with Crippen LogP contribution in [-0.2, 0) is 65.4 Å². The van der Waals surface area contributed by atoms with Crippen LogP contribution in [0.2, 0.25) is 0 Å². The number of carbonyl (C=O) groups is 4. The van der Waals surface area contributed by atoms with Crippen LogP contribution in [0.3, 0.4) is 0 Å². The van der Waals surface area contributed by atoms with Gasteiger partial charge in [0.1, 0.15) is 19.3 Å². The first-order valence-electron chi connectivity index (χ1n) is 39.1. The van der Waals surface area contributed by atoms with Crippen molar-refractivity contribution in [2.45, 2.75) is 341 Å². The van der Waals surface area contributed by atoms with Crippen LogP contribution in [0.15, 0.2) is 109 Å². The van der Waals surface area contributed by atoms with Gasteiger partial charge in [-0.05, 0) is 122 Å². The van der Waals surface area contributed by atoms with E-state index in [0.29, 0.717) is 25.7 Å². The second kappa shape index (κ2) is 73.0. The van der Waals surface area contributed by atoms with Gasteiger partial charge >= 0.3 is 39.5 Å². The molecule has 0 aromatic heterocycles. The van der Waals surface area contributed by atoms with E-state index in [2.05, 4.69) is 137 Å². The molecule has 19 heteroatoms. The number of phosphoric ester groups is 2. The first-order valence-corrected chi connectivity index (χ1v) is 42.1.